The number of halogens is 2. The van der Waals surface area contributed by atoms with E-state index in [2.05, 4.69) is 20.9 Å². The zero-order valence-corrected chi connectivity index (χ0v) is 11.9. The van der Waals surface area contributed by atoms with Crippen LogP contribution in [0.3, 0.4) is 0 Å². The Labute approximate surface area is 122 Å². The van der Waals surface area contributed by atoms with Gasteiger partial charge in [0.25, 0.3) is 5.69 Å². The van der Waals surface area contributed by atoms with E-state index in [1.165, 1.54) is 18.2 Å². The highest BCUT2D eigenvalue weighted by atomic mass is 79.9. The number of non-ortho nitro benzene ring substituents is 1. The fourth-order valence-corrected chi connectivity index (χ4v) is 1.93. The maximum Gasteiger partial charge on any atom is 0.269 e. The molecule has 0 N–H and O–H groups in total. The third-order valence-corrected chi connectivity index (χ3v) is 3.12. The maximum atomic E-state index is 10.7. The molecule has 0 bridgehead atoms. The minimum absolute atomic E-state index is 0.0182. The molecule has 0 spiro atoms. The van der Waals surface area contributed by atoms with Crippen molar-refractivity contribution in [2.75, 3.05) is 0 Å². The molecule has 0 aliphatic carbocycles. The second-order valence-electron chi connectivity index (χ2n) is 3.66. The van der Waals surface area contributed by atoms with Crippen LogP contribution in [0.15, 0.2) is 41.1 Å². The summed E-state index contributed by atoms with van der Waals surface area (Å²) in [5.74, 6) is 0.553. The van der Waals surface area contributed by atoms with Gasteiger partial charge in [-0.1, -0.05) is 11.6 Å². The Kier molecular flexibility index (Phi) is 4.34. The molecule has 7 heteroatoms. The Morgan fingerprint density at radius 3 is 2.84 bits per heavy atom. The SMILES string of the molecule is O=[N+]([O-])c1ccc(Cl)c(COc2cncc(Br)c2)c1. The highest BCUT2D eigenvalue weighted by Crippen LogP contribution is 2.24. The minimum Gasteiger partial charge on any atom is -0.487 e. The van der Waals surface area contributed by atoms with Crippen molar-refractivity contribution in [1.82, 2.24) is 4.98 Å². The highest BCUT2D eigenvalue weighted by Gasteiger charge is 2.10. The second kappa shape index (κ2) is 5.99. The molecule has 1 aromatic heterocycles. The number of aromatic nitrogens is 1. The van der Waals surface area contributed by atoms with Crippen molar-refractivity contribution in [3.05, 3.63) is 61.8 Å². The normalized spacial score (nSPS) is 10.2. The third-order valence-electron chi connectivity index (χ3n) is 2.31. The van der Waals surface area contributed by atoms with Crippen LogP contribution in [0.4, 0.5) is 5.69 Å². The predicted molar refractivity (Wildman–Crippen MR) is 74.4 cm³/mol. The Balaban J connectivity index is 2.15. The van der Waals surface area contributed by atoms with Gasteiger partial charge in [0.1, 0.15) is 12.4 Å². The van der Waals surface area contributed by atoms with E-state index in [9.17, 15) is 10.1 Å². The van der Waals surface area contributed by atoms with Gasteiger partial charge in [0.05, 0.1) is 11.1 Å². The van der Waals surface area contributed by atoms with Crippen LogP contribution in [-0.2, 0) is 6.61 Å². The van der Waals surface area contributed by atoms with Gasteiger partial charge in [-0.05, 0) is 28.1 Å². The number of nitro groups is 1. The summed E-state index contributed by atoms with van der Waals surface area (Å²) in [4.78, 5) is 14.2. The van der Waals surface area contributed by atoms with Gasteiger partial charge in [0, 0.05) is 33.4 Å². The number of pyridine rings is 1. The lowest BCUT2D eigenvalue weighted by atomic mass is 10.2. The first-order chi connectivity index (χ1) is 9.06. The van der Waals surface area contributed by atoms with Crippen molar-refractivity contribution < 1.29 is 9.66 Å². The fourth-order valence-electron chi connectivity index (χ4n) is 1.42. The molecule has 19 heavy (non-hydrogen) atoms. The van der Waals surface area contributed by atoms with Crippen LogP contribution in [-0.4, -0.2) is 9.91 Å². The summed E-state index contributed by atoms with van der Waals surface area (Å²) in [6.45, 7) is 0.138. The van der Waals surface area contributed by atoms with Crippen LogP contribution in [0.25, 0.3) is 0 Å². The largest absolute Gasteiger partial charge is 0.487 e. The van der Waals surface area contributed by atoms with Gasteiger partial charge in [-0.2, -0.15) is 0 Å². The summed E-state index contributed by atoms with van der Waals surface area (Å²) in [6, 6.07) is 5.98. The summed E-state index contributed by atoms with van der Waals surface area (Å²) < 4.78 is 6.28. The number of benzene rings is 1. The summed E-state index contributed by atoms with van der Waals surface area (Å²) >= 11 is 9.25. The first-order valence-corrected chi connectivity index (χ1v) is 6.39. The molecule has 0 atom stereocenters. The second-order valence-corrected chi connectivity index (χ2v) is 4.98. The van der Waals surface area contributed by atoms with E-state index < -0.39 is 4.92 Å². The molecule has 0 amide bonds. The van der Waals surface area contributed by atoms with Crippen LogP contribution in [0, 0.1) is 10.1 Å². The molecule has 2 rings (SSSR count). The van der Waals surface area contributed by atoms with Crippen molar-refractivity contribution >= 4 is 33.2 Å². The van der Waals surface area contributed by atoms with Crippen LogP contribution >= 0.6 is 27.5 Å². The zero-order chi connectivity index (χ0) is 13.8. The molecule has 0 aliphatic rings. The number of nitrogens with zero attached hydrogens (tertiary/aromatic N) is 2. The van der Waals surface area contributed by atoms with Gasteiger partial charge in [-0.25, -0.2) is 0 Å². The molecule has 98 valence electrons. The number of ether oxygens (including phenoxy) is 1. The van der Waals surface area contributed by atoms with Crippen LogP contribution in [0.2, 0.25) is 5.02 Å². The van der Waals surface area contributed by atoms with Gasteiger partial charge in [0.15, 0.2) is 0 Å². The van der Waals surface area contributed by atoms with Crippen molar-refractivity contribution in [3.63, 3.8) is 0 Å². The van der Waals surface area contributed by atoms with Gasteiger partial charge in [-0.3, -0.25) is 15.1 Å². The lowest BCUT2D eigenvalue weighted by Crippen LogP contribution is -1.98. The Hall–Kier alpha value is -1.66. The van der Waals surface area contributed by atoms with E-state index >= 15 is 0 Å². The highest BCUT2D eigenvalue weighted by molar-refractivity contribution is 9.10. The molecule has 0 radical (unpaired) electrons. The van der Waals surface area contributed by atoms with E-state index in [1.807, 2.05) is 0 Å². The predicted octanol–water partition coefficient (Wildman–Crippen LogP) is 3.98. The maximum absolute atomic E-state index is 10.7. The molecule has 0 saturated carbocycles. The van der Waals surface area contributed by atoms with Crippen LogP contribution in [0.1, 0.15) is 5.56 Å². The monoisotopic (exact) mass is 342 g/mol. The average Bonchev–Trinajstić information content (AvgIpc) is 2.37. The van der Waals surface area contributed by atoms with E-state index in [0.29, 0.717) is 16.3 Å². The lowest BCUT2D eigenvalue weighted by molar-refractivity contribution is -0.384. The lowest BCUT2D eigenvalue weighted by Gasteiger charge is -2.07. The van der Waals surface area contributed by atoms with Gasteiger partial charge in [0.2, 0.25) is 0 Å². The zero-order valence-electron chi connectivity index (χ0n) is 9.55. The molecule has 0 unspecified atom stereocenters. The van der Waals surface area contributed by atoms with Gasteiger partial charge in [-0.15, -0.1) is 0 Å². The molecule has 0 fully saturated rings. The van der Waals surface area contributed by atoms with Crippen LogP contribution < -0.4 is 4.74 Å². The molecule has 1 aromatic carbocycles. The van der Waals surface area contributed by atoms with E-state index in [-0.39, 0.29) is 12.3 Å². The van der Waals surface area contributed by atoms with Gasteiger partial charge >= 0.3 is 0 Å². The minimum atomic E-state index is -0.472. The molecule has 1 heterocycles. The molecule has 0 saturated heterocycles. The van der Waals surface area contributed by atoms with Crippen molar-refractivity contribution in [3.8, 4) is 5.75 Å². The number of hydrogen-bond donors (Lipinski definition) is 0. The summed E-state index contributed by atoms with van der Waals surface area (Å²) in [7, 11) is 0. The van der Waals surface area contributed by atoms with E-state index in [4.69, 9.17) is 16.3 Å². The van der Waals surface area contributed by atoms with Crippen molar-refractivity contribution in [2.24, 2.45) is 0 Å². The Morgan fingerprint density at radius 2 is 2.16 bits per heavy atom. The quantitative estimate of drug-likeness (QED) is 0.622. The smallest absolute Gasteiger partial charge is 0.269 e. The first kappa shape index (κ1) is 13.8. The molecule has 0 aliphatic heterocycles. The number of rotatable bonds is 4. The van der Waals surface area contributed by atoms with Gasteiger partial charge < -0.3 is 4.74 Å². The van der Waals surface area contributed by atoms with Crippen molar-refractivity contribution in [1.29, 1.82) is 0 Å². The first-order valence-electron chi connectivity index (χ1n) is 5.22. The summed E-state index contributed by atoms with van der Waals surface area (Å²) in [5, 5.41) is 11.1. The summed E-state index contributed by atoms with van der Waals surface area (Å²) in [6.07, 6.45) is 3.18. The molecule has 5 nitrogen and oxygen atoms in total. The van der Waals surface area contributed by atoms with Crippen molar-refractivity contribution in [2.45, 2.75) is 6.61 Å². The average molecular weight is 344 g/mol. The standard InChI is InChI=1S/C12H8BrClN2O3/c13-9-4-11(6-15-5-9)19-7-8-3-10(16(17)18)1-2-12(8)14/h1-6H,7H2. The number of hydrogen-bond acceptors (Lipinski definition) is 4. The Bertz CT molecular complexity index is 622. The van der Waals surface area contributed by atoms with E-state index in [1.54, 1.807) is 18.5 Å². The Morgan fingerprint density at radius 1 is 1.37 bits per heavy atom. The molecular formula is C12H8BrClN2O3. The topological polar surface area (TPSA) is 65.3 Å². The molecule has 2 aromatic rings. The summed E-state index contributed by atoms with van der Waals surface area (Å²) in [5.41, 5.74) is 0.534. The fraction of sp³-hybridized carbons (Fsp3) is 0.0833. The molecular weight excluding hydrogens is 336 g/mol. The van der Waals surface area contributed by atoms with E-state index in [0.717, 1.165) is 4.47 Å². The number of nitro benzene ring substituents is 1. The van der Waals surface area contributed by atoms with Crippen LogP contribution in [0.5, 0.6) is 5.75 Å². The third kappa shape index (κ3) is 3.65.